The second kappa shape index (κ2) is 6.40. The molecule has 1 unspecified atom stereocenters. The second-order valence-corrected chi connectivity index (χ2v) is 6.55. The summed E-state index contributed by atoms with van der Waals surface area (Å²) in [5, 5.41) is 12.3. The Morgan fingerprint density at radius 2 is 2.12 bits per heavy atom. The lowest BCUT2D eigenvalue weighted by Crippen LogP contribution is -2.55. The van der Waals surface area contributed by atoms with Crippen LogP contribution in [0.25, 0.3) is 10.9 Å². The molecule has 25 heavy (non-hydrogen) atoms. The topological polar surface area (TPSA) is 88.5 Å². The number of hydrogen-bond donors (Lipinski definition) is 2. The van der Waals surface area contributed by atoms with Crippen molar-refractivity contribution >= 4 is 22.8 Å². The van der Waals surface area contributed by atoms with Gasteiger partial charge in [-0.3, -0.25) is 9.78 Å². The van der Waals surface area contributed by atoms with E-state index in [2.05, 4.69) is 10.3 Å². The van der Waals surface area contributed by atoms with Crippen LogP contribution in [0.2, 0.25) is 0 Å². The van der Waals surface area contributed by atoms with E-state index in [4.69, 9.17) is 4.74 Å². The van der Waals surface area contributed by atoms with Crippen molar-refractivity contribution in [3.8, 4) is 0 Å². The predicted molar refractivity (Wildman–Crippen MR) is 89.1 cm³/mol. The summed E-state index contributed by atoms with van der Waals surface area (Å²) in [7, 11) is 1.36. The summed E-state index contributed by atoms with van der Waals surface area (Å²) in [4.78, 5) is 28.8. The van der Waals surface area contributed by atoms with Gasteiger partial charge in [0, 0.05) is 24.1 Å². The third-order valence-corrected chi connectivity index (χ3v) is 4.33. The van der Waals surface area contributed by atoms with Crippen molar-refractivity contribution in [2.75, 3.05) is 13.7 Å². The minimum absolute atomic E-state index is 0.194. The van der Waals surface area contributed by atoms with Crippen molar-refractivity contribution < 1.29 is 23.8 Å². The molecule has 1 aliphatic rings. The zero-order valence-electron chi connectivity index (χ0n) is 14.0. The molecule has 0 radical (unpaired) electrons. The number of carboxylic acids is 1. The Morgan fingerprint density at radius 1 is 1.40 bits per heavy atom. The molecule has 3 rings (SSSR count). The molecule has 1 fully saturated rings. The molecule has 2 aromatic rings. The first-order valence-electron chi connectivity index (χ1n) is 7.99. The fraction of sp³-hybridized carbons (Fsp3) is 0.389. The monoisotopic (exact) mass is 346 g/mol. The highest BCUT2D eigenvalue weighted by atomic mass is 19.1. The van der Waals surface area contributed by atoms with Gasteiger partial charge in [0.2, 0.25) is 0 Å². The van der Waals surface area contributed by atoms with Crippen LogP contribution >= 0.6 is 0 Å². The summed E-state index contributed by atoms with van der Waals surface area (Å²) in [6.45, 7) is 1.17. The van der Waals surface area contributed by atoms with E-state index in [-0.39, 0.29) is 12.2 Å². The minimum Gasteiger partial charge on any atom is -0.479 e. The van der Waals surface area contributed by atoms with Crippen LogP contribution in [-0.4, -0.2) is 41.2 Å². The Balaban J connectivity index is 2.05. The molecule has 1 amide bonds. The number of aromatic nitrogens is 1. The van der Waals surface area contributed by atoms with Gasteiger partial charge in [-0.1, -0.05) is 0 Å². The van der Waals surface area contributed by atoms with Crippen LogP contribution in [0.4, 0.5) is 4.39 Å². The molecule has 0 saturated heterocycles. The number of ether oxygens (including phenoxy) is 1. The number of fused-ring (bicyclic) bond motifs is 1. The molecular formula is C18H19FN2O4. The van der Waals surface area contributed by atoms with Gasteiger partial charge >= 0.3 is 5.97 Å². The Hall–Kier alpha value is -2.54. The molecule has 1 aliphatic carbocycles. The van der Waals surface area contributed by atoms with E-state index in [1.807, 2.05) is 0 Å². The number of carboxylic acid groups (broad SMARTS) is 1. The minimum atomic E-state index is -1.59. The maximum Gasteiger partial charge on any atom is 0.331 e. The van der Waals surface area contributed by atoms with Gasteiger partial charge < -0.3 is 15.2 Å². The zero-order chi connectivity index (χ0) is 18.2. The Labute approximate surface area is 144 Å². The van der Waals surface area contributed by atoms with Crippen molar-refractivity contribution in [3.63, 3.8) is 0 Å². The largest absolute Gasteiger partial charge is 0.479 e. The smallest absolute Gasteiger partial charge is 0.331 e. The number of pyridine rings is 1. The third-order valence-electron chi connectivity index (χ3n) is 4.33. The van der Waals surface area contributed by atoms with E-state index in [0.717, 1.165) is 18.5 Å². The van der Waals surface area contributed by atoms with E-state index in [0.29, 0.717) is 16.8 Å². The average Bonchev–Trinajstić information content (AvgIpc) is 3.38. The highest BCUT2D eigenvalue weighted by Gasteiger charge is 2.36. The number of nitrogens with one attached hydrogen (secondary N) is 1. The van der Waals surface area contributed by atoms with Crippen LogP contribution in [-0.2, 0) is 9.53 Å². The molecular weight excluding hydrogens is 327 g/mol. The van der Waals surface area contributed by atoms with Gasteiger partial charge in [0.15, 0.2) is 5.54 Å². The summed E-state index contributed by atoms with van der Waals surface area (Å²) in [6.07, 6.45) is 1.99. The van der Waals surface area contributed by atoms with Crippen molar-refractivity contribution in [2.45, 2.75) is 31.2 Å². The van der Waals surface area contributed by atoms with Crippen molar-refractivity contribution in [1.29, 1.82) is 0 Å². The van der Waals surface area contributed by atoms with Crippen LogP contribution in [0.1, 0.15) is 41.7 Å². The first-order valence-corrected chi connectivity index (χ1v) is 7.99. The zero-order valence-corrected chi connectivity index (χ0v) is 14.0. The quantitative estimate of drug-likeness (QED) is 0.839. The molecule has 1 aromatic heterocycles. The second-order valence-electron chi connectivity index (χ2n) is 6.55. The van der Waals surface area contributed by atoms with Crippen LogP contribution in [0.5, 0.6) is 0 Å². The van der Waals surface area contributed by atoms with E-state index in [1.54, 1.807) is 6.07 Å². The van der Waals surface area contributed by atoms with Crippen LogP contribution < -0.4 is 5.32 Å². The Morgan fingerprint density at radius 3 is 2.72 bits per heavy atom. The average molecular weight is 346 g/mol. The van der Waals surface area contributed by atoms with Gasteiger partial charge in [-0.2, -0.15) is 0 Å². The van der Waals surface area contributed by atoms with Crippen molar-refractivity contribution in [3.05, 3.63) is 41.3 Å². The first kappa shape index (κ1) is 17.3. The lowest BCUT2D eigenvalue weighted by Gasteiger charge is -2.25. The number of benzene rings is 1. The predicted octanol–water partition coefficient (Wildman–Crippen LogP) is 2.47. The number of carbonyl (C=O) groups excluding carboxylic acids is 1. The van der Waals surface area contributed by atoms with E-state index in [9.17, 15) is 19.1 Å². The standard InChI is InChI=1S/C18H19FN2O4/c1-18(9-25-2,17(23)24)21-16(22)13-8-15(10-3-4-10)20-14-6-5-11(19)7-12(13)14/h5-8,10H,3-4,9H2,1-2H3,(H,21,22)(H,23,24). The molecule has 2 N–H and O–H groups in total. The van der Waals surface area contributed by atoms with Gasteiger partial charge in [0.1, 0.15) is 5.82 Å². The van der Waals surface area contributed by atoms with Gasteiger partial charge in [-0.05, 0) is 44.0 Å². The molecule has 7 heteroatoms. The number of nitrogens with zero attached hydrogens (tertiary/aromatic N) is 1. The summed E-state index contributed by atoms with van der Waals surface area (Å²) in [6, 6.07) is 5.69. The highest BCUT2D eigenvalue weighted by molar-refractivity contribution is 6.07. The van der Waals surface area contributed by atoms with Gasteiger partial charge in [0.25, 0.3) is 5.91 Å². The Bertz CT molecular complexity index is 850. The molecule has 1 saturated carbocycles. The summed E-state index contributed by atoms with van der Waals surface area (Å²) in [5.41, 5.74) is -0.0863. The van der Waals surface area contributed by atoms with Crippen LogP contribution in [0.15, 0.2) is 24.3 Å². The number of carbonyl (C=O) groups is 2. The summed E-state index contributed by atoms with van der Waals surface area (Å²) in [5.74, 6) is -2.00. The van der Waals surface area contributed by atoms with Crippen LogP contribution in [0, 0.1) is 5.82 Å². The Kier molecular flexibility index (Phi) is 4.43. The van der Waals surface area contributed by atoms with Crippen molar-refractivity contribution in [1.82, 2.24) is 10.3 Å². The molecule has 1 heterocycles. The van der Waals surface area contributed by atoms with Crippen LogP contribution in [0.3, 0.4) is 0 Å². The highest BCUT2D eigenvalue weighted by Crippen LogP contribution is 2.40. The number of methoxy groups -OCH3 is 1. The molecule has 1 aromatic carbocycles. The molecule has 6 nitrogen and oxygen atoms in total. The number of halogens is 1. The number of hydrogen-bond acceptors (Lipinski definition) is 4. The van der Waals surface area contributed by atoms with E-state index >= 15 is 0 Å². The number of amides is 1. The summed E-state index contributed by atoms with van der Waals surface area (Å²) < 4.78 is 18.6. The van der Waals surface area contributed by atoms with Gasteiger partial charge in [-0.15, -0.1) is 0 Å². The normalized spacial score (nSPS) is 16.4. The lowest BCUT2D eigenvalue weighted by atomic mass is 10.0. The first-order chi connectivity index (χ1) is 11.8. The molecule has 0 spiro atoms. The number of aliphatic carboxylic acids is 1. The molecule has 0 bridgehead atoms. The van der Waals surface area contributed by atoms with E-state index < -0.39 is 23.2 Å². The van der Waals surface area contributed by atoms with Gasteiger partial charge in [0.05, 0.1) is 17.7 Å². The maximum atomic E-state index is 13.7. The molecule has 132 valence electrons. The van der Waals surface area contributed by atoms with Gasteiger partial charge in [-0.25, -0.2) is 9.18 Å². The third kappa shape index (κ3) is 3.46. The van der Waals surface area contributed by atoms with Crippen molar-refractivity contribution in [2.24, 2.45) is 0 Å². The maximum absolute atomic E-state index is 13.7. The van der Waals surface area contributed by atoms with E-state index in [1.165, 1.54) is 32.2 Å². The number of rotatable bonds is 6. The molecule has 1 atom stereocenters. The SMILES string of the molecule is COCC(C)(NC(=O)c1cc(C2CC2)nc2ccc(F)cc12)C(=O)O. The molecule has 0 aliphatic heterocycles. The lowest BCUT2D eigenvalue weighted by molar-refractivity contribution is -0.145. The fourth-order valence-electron chi connectivity index (χ4n) is 2.75. The fourth-order valence-corrected chi connectivity index (χ4v) is 2.75. The summed E-state index contributed by atoms with van der Waals surface area (Å²) >= 11 is 0.